The van der Waals surface area contributed by atoms with E-state index in [2.05, 4.69) is 40.7 Å². The Bertz CT molecular complexity index is 538. The molecule has 3 rings (SSSR count). The van der Waals surface area contributed by atoms with Gasteiger partial charge in [-0.05, 0) is 56.8 Å². The van der Waals surface area contributed by atoms with Crippen LogP contribution in [0.5, 0.6) is 0 Å². The molecule has 0 radical (unpaired) electrons. The highest BCUT2D eigenvalue weighted by Crippen LogP contribution is 2.55. The van der Waals surface area contributed by atoms with E-state index in [-0.39, 0.29) is 17.6 Å². The van der Waals surface area contributed by atoms with Crippen LogP contribution in [-0.2, 0) is 4.79 Å². The Morgan fingerprint density at radius 1 is 1.09 bits per heavy atom. The van der Waals surface area contributed by atoms with Gasteiger partial charge < -0.3 is 5.11 Å². The summed E-state index contributed by atoms with van der Waals surface area (Å²) in [6.07, 6.45) is 5.07. The van der Waals surface area contributed by atoms with Gasteiger partial charge in [-0.25, -0.2) is 0 Å². The molecule has 0 spiro atoms. The number of rotatable bonds is 1. The highest BCUT2D eigenvalue weighted by atomic mass is 16.3. The van der Waals surface area contributed by atoms with E-state index in [1.54, 1.807) is 0 Å². The van der Waals surface area contributed by atoms with Crippen molar-refractivity contribution in [3.8, 4) is 0 Å². The smallest absolute Gasteiger partial charge is 0.169 e. The molecule has 0 aliphatic heterocycles. The molecule has 0 heterocycles. The number of hydrogen-bond donors (Lipinski definition) is 1. The molecular formula is C20H30O2. The van der Waals surface area contributed by atoms with E-state index in [0.29, 0.717) is 23.7 Å². The van der Waals surface area contributed by atoms with Gasteiger partial charge in [0.15, 0.2) is 5.78 Å². The topological polar surface area (TPSA) is 37.3 Å². The molecule has 0 amide bonds. The summed E-state index contributed by atoms with van der Waals surface area (Å²) in [7, 11) is 0. The molecule has 0 bridgehead atoms. The second kappa shape index (κ2) is 5.63. The first-order chi connectivity index (χ1) is 10.3. The average Bonchev–Trinajstić information content (AvgIpc) is 2.43. The first-order valence-electron chi connectivity index (χ1n) is 8.93. The normalized spacial score (nSPS) is 44.6. The molecule has 2 heteroatoms. The summed E-state index contributed by atoms with van der Waals surface area (Å²) in [6.45, 7) is 10.9. The highest BCUT2D eigenvalue weighted by molar-refractivity contribution is 5.90. The molecule has 1 N–H and O–H groups in total. The van der Waals surface area contributed by atoms with E-state index in [1.165, 1.54) is 29.6 Å². The van der Waals surface area contributed by atoms with Crippen molar-refractivity contribution in [1.82, 2.24) is 0 Å². The Balaban J connectivity index is 2.18. The fourth-order valence-corrected chi connectivity index (χ4v) is 5.39. The van der Waals surface area contributed by atoms with E-state index in [4.69, 9.17) is 0 Å². The zero-order chi connectivity index (χ0) is 16.2. The third-order valence-electron chi connectivity index (χ3n) is 6.38. The Labute approximate surface area is 134 Å². The van der Waals surface area contributed by atoms with Gasteiger partial charge in [-0.1, -0.05) is 43.6 Å². The lowest BCUT2D eigenvalue weighted by Gasteiger charge is -2.51. The zero-order valence-electron chi connectivity index (χ0n) is 14.6. The average molecular weight is 302 g/mol. The monoisotopic (exact) mass is 302 g/mol. The molecule has 3 aliphatic carbocycles. The fourth-order valence-electron chi connectivity index (χ4n) is 5.39. The van der Waals surface area contributed by atoms with Crippen LogP contribution in [0.15, 0.2) is 22.8 Å². The number of Topliss-reactive ketones (excluding diaryl/α,β-unsaturated/α-hetero) is 1. The molecule has 0 saturated heterocycles. The van der Waals surface area contributed by atoms with Gasteiger partial charge in [0, 0.05) is 11.8 Å². The summed E-state index contributed by atoms with van der Waals surface area (Å²) in [4.78, 5) is 12.7. The lowest BCUT2D eigenvalue weighted by Crippen LogP contribution is -2.50. The van der Waals surface area contributed by atoms with Crippen molar-refractivity contribution in [1.29, 1.82) is 0 Å². The van der Waals surface area contributed by atoms with E-state index in [9.17, 15) is 9.90 Å². The summed E-state index contributed by atoms with van der Waals surface area (Å²) in [6, 6.07) is 0. The van der Waals surface area contributed by atoms with E-state index in [0.717, 1.165) is 6.42 Å². The molecule has 7 atom stereocenters. The minimum atomic E-state index is -0.800. The lowest BCUT2D eigenvalue weighted by molar-refractivity contribution is -0.136. The fraction of sp³-hybridized carbons (Fsp3) is 0.750. The van der Waals surface area contributed by atoms with Crippen LogP contribution in [-0.4, -0.2) is 17.0 Å². The number of aliphatic hydroxyl groups excluding tert-OH is 1. The number of carbonyl (C=O) groups is 1. The molecule has 1 unspecified atom stereocenters. The van der Waals surface area contributed by atoms with Crippen LogP contribution in [0.1, 0.15) is 53.9 Å². The van der Waals surface area contributed by atoms with Crippen LogP contribution in [0.4, 0.5) is 0 Å². The summed E-state index contributed by atoms with van der Waals surface area (Å²) >= 11 is 0. The van der Waals surface area contributed by atoms with Crippen molar-refractivity contribution in [3.63, 3.8) is 0 Å². The molecule has 0 aromatic rings. The Morgan fingerprint density at radius 2 is 1.77 bits per heavy atom. The largest absolute Gasteiger partial charge is 0.385 e. The summed E-state index contributed by atoms with van der Waals surface area (Å²) in [5.74, 6) is 2.07. The van der Waals surface area contributed by atoms with Crippen LogP contribution in [0, 0.1) is 35.5 Å². The third kappa shape index (κ3) is 2.31. The molecule has 1 fully saturated rings. The first kappa shape index (κ1) is 16.0. The van der Waals surface area contributed by atoms with E-state index < -0.39 is 6.10 Å². The van der Waals surface area contributed by atoms with Crippen molar-refractivity contribution < 1.29 is 9.90 Å². The second-order valence-electron chi connectivity index (χ2n) is 8.25. The van der Waals surface area contributed by atoms with Gasteiger partial charge in [0.05, 0.1) is 0 Å². The van der Waals surface area contributed by atoms with Crippen molar-refractivity contribution in [2.24, 2.45) is 35.5 Å². The van der Waals surface area contributed by atoms with Crippen LogP contribution < -0.4 is 0 Å². The summed E-state index contributed by atoms with van der Waals surface area (Å²) in [5.41, 5.74) is 4.18. The standard InChI is InChI=1S/C20H30O2/c1-10(2)8-14-9-12(4)15-7-6-11(3)16-18(15)17(14)13(5)19(21)20(16)22/h8,11-16,19,21H,6-7,9H2,1-5H3/t11-,12-,13+,14+,15+,16+,19?/m1/s1. The minimum absolute atomic E-state index is 0.0142. The second-order valence-corrected chi connectivity index (χ2v) is 8.25. The summed E-state index contributed by atoms with van der Waals surface area (Å²) < 4.78 is 0. The number of hydrogen-bond acceptors (Lipinski definition) is 2. The Hall–Kier alpha value is -0.890. The van der Waals surface area contributed by atoms with Crippen molar-refractivity contribution in [3.05, 3.63) is 22.8 Å². The number of ketones is 1. The van der Waals surface area contributed by atoms with Crippen molar-refractivity contribution in [2.45, 2.75) is 60.0 Å². The maximum atomic E-state index is 12.7. The van der Waals surface area contributed by atoms with Gasteiger partial charge >= 0.3 is 0 Å². The lowest BCUT2D eigenvalue weighted by atomic mass is 9.54. The molecule has 22 heavy (non-hydrogen) atoms. The van der Waals surface area contributed by atoms with Crippen molar-refractivity contribution >= 4 is 5.78 Å². The van der Waals surface area contributed by atoms with E-state index in [1.807, 2.05) is 0 Å². The zero-order valence-corrected chi connectivity index (χ0v) is 14.6. The number of allylic oxidation sites excluding steroid dienone is 3. The van der Waals surface area contributed by atoms with Crippen LogP contribution in [0.3, 0.4) is 0 Å². The highest BCUT2D eigenvalue weighted by Gasteiger charge is 2.51. The molecule has 2 nitrogen and oxygen atoms in total. The Kier molecular flexibility index (Phi) is 4.09. The van der Waals surface area contributed by atoms with Gasteiger partial charge in [-0.15, -0.1) is 0 Å². The van der Waals surface area contributed by atoms with Crippen LogP contribution in [0.2, 0.25) is 0 Å². The molecule has 0 aromatic heterocycles. The van der Waals surface area contributed by atoms with Gasteiger partial charge in [0.1, 0.15) is 6.10 Å². The van der Waals surface area contributed by atoms with E-state index >= 15 is 0 Å². The molecular weight excluding hydrogens is 272 g/mol. The van der Waals surface area contributed by atoms with Gasteiger partial charge in [-0.3, -0.25) is 4.79 Å². The quantitative estimate of drug-likeness (QED) is 0.739. The predicted octanol–water partition coefficient (Wildman–Crippen LogP) is 4.15. The van der Waals surface area contributed by atoms with Gasteiger partial charge in [-0.2, -0.15) is 0 Å². The maximum Gasteiger partial charge on any atom is 0.169 e. The number of aliphatic hydroxyl groups is 1. The first-order valence-corrected chi connectivity index (χ1v) is 8.93. The predicted molar refractivity (Wildman–Crippen MR) is 89.3 cm³/mol. The third-order valence-corrected chi connectivity index (χ3v) is 6.38. The molecule has 0 aromatic carbocycles. The minimum Gasteiger partial charge on any atom is -0.385 e. The van der Waals surface area contributed by atoms with Crippen LogP contribution in [0.25, 0.3) is 0 Å². The summed E-state index contributed by atoms with van der Waals surface area (Å²) in [5, 5.41) is 10.5. The van der Waals surface area contributed by atoms with Crippen LogP contribution >= 0.6 is 0 Å². The number of carbonyl (C=O) groups excluding carboxylic acids is 1. The SMILES string of the molecule is CC(C)=C[C@H]1C[C@@H](C)[C@@H]2CC[C@@H](C)[C@@H]3C(=O)C(O)[C@@H](C)C1=C32. The maximum absolute atomic E-state index is 12.7. The molecule has 122 valence electrons. The molecule has 3 aliphatic rings. The molecule has 1 saturated carbocycles. The Morgan fingerprint density at radius 3 is 2.41 bits per heavy atom. The van der Waals surface area contributed by atoms with Gasteiger partial charge in [0.25, 0.3) is 0 Å². The van der Waals surface area contributed by atoms with Gasteiger partial charge in [0.2, 0.25) is 0 Å². The van der Waals surface area contributed by atoms with Crippen molar-refractivity contribution in [2.75, 3.05) is 0 Å².